The van der Waals surface area contributed by atoms with Crippen LogP contribution in [0.1, 0.15) is 16.7 Å². The maximum Gasteiger partial charge on any atom is 0.136 e. The quantitative estimate of drug-likeness (QED) is 0.689. The van der Waals surface area contributed by atoms with Crippen LogP contribution in [0.15, 0.2) is 48.7 Å². The lowest BCUT2D eigenvalue weighted by atomic mass is 9.94. The van der Waals surface area contributed by atoms with E-state index < -0.39 is 0 Å². The molecule has 2 N–H and O–H groups in total. The molecule has 0 saturated heterocycles. The fraction of sp³-hybridized carbons (Fsp3) is 0.318. The van der Waals surface area contributed by atoms with Crippen molar-refractivity contribution in [3.05, 3.63) is 71.2 Å². The molecule has 1 aromatic heterocycles. The molecule has 0 aliphatic carbocycles. The average molecular weight is 380 g/mol. The minimum Gasteiger partial charge on any atom is -0.497 e. The molecule has 2 aromatic carbocycles. The number of nitrogens with one attached hydrogen (secondary N) is 2. The van der Waals surface area contributed by atoms with Gasteiger partial charge in [0.2, 0.25) is 0 Å². The topological polar surface area (TPSA) is 53.2 Å². The Morgan fingerprint density at radius 3 is 2.86 bits per heavy atom. The van der Waals surface area contributed by atoms with Crippen LogP contribution in [-0.2, 0) is 19.5 Å². The zero-order valence-corrected chi connectivity index (χ0v) is 16.2. The second-order valence-electron chi connectivity index (χ2n) is 7.29. The second kappa shape index (κ2) is 8.12. The number of H-pyrrole nitrogens is 1. The summed E-state index contributed by atoms with van der Waals surface area (Å²) in [5, 5.41) is 10.6. The summed E-state index contributed by atoms with van der Waals surface area (Å²) in [7, 11) is 3.69. The summed E-state index contributed by atoms with van der Waals surface area (Å²) >= 11 is 0. The molecule has 6 heteroatoms. The first-order valence-electron chi connectivity index (χ1n) is 9.49. The third-order valence-corrected chi connectivity index (χ3v) is 5.48. The molecule has 1 atom stereocenters. The first-order chi connectivity index (χ1) is 13.7. The van der Waals surface area contributed by atoms with Gasteiger partial charge in [-0.25, -0.2) is 4.39 Å². The van der Waals surface area contributed by atoms with Crippen molar-refractivity contribution in [1.82, 2.24) is 20.4 Å². The van der Waals surface area contributed by atoms with Crippen molar-refractivity contribution >= 4 is 0 Å². The Kier molecular flexibility index (Phi) is 5.41. The number of nitrogens with zero attached hydrogens (tertiary/aromatic N) is 2. The summed E-state index contributed by atoms with van der Waals surface area (Å²) in [4.78, 5) is 2.38. The first-order valence-corrected chi connectivity index (χ1v) is 9.49. The van der Waals surface area contributed by atoms with Gasteiger partial charge < -0.3 is 10.1 Å². The van der Waals surface area contributed by atoms with Crippen LogP contribution in [0.4, 0.5) is 4.39 Å². The van der Waals surface area contributed by atoms with E-state index in [1.165, 1.54) is 24.3 Å². The fourth-order valence-electron chi connectivity index (χ4n) is 3.82. The third kappa shape index (κ3) is 3.79. The number of fused-ring (bicyclic) bond motifs is 1. The molecular weight excluding hydrogens is 355 g/mol. The molecule has 0 spiro atoms. The predicted molar refractivity (Wildman–Crippen MR) is 108 cm³/mol. The van der Waals surface area contributed by atoms with E-state index in [4.69, 9.17) is 4.74 Å². The van der Waals surface area contributed by atoms with Crippen LogP contribution < -0.4 is 10.1 Å². The van der Waals surface area contributed by atoms with E-state index in [1.54, 1.807) is 18.3 Å². The van der Waals surface area contributed by atoms with E-state index in [2.05, 4.69) is 51.7 Å². The Labute approximate surface area is 164 Å². The maximum atomic E-state index is 14.4. The molecule has 3 aromatic rings. The minimum absolute atomic E-state index is 0.325. The van der Waals surface area contributed by atoms with Crippen LogP contribution >= 0.6 is 0 Å². The Morgan fingerprint density at radius 1 is 1.25 bits per heavy atom. The normalized spacial score (nSPS) is 16.8. The van der Waals surface area contributed by atoms with Crippen molar-refractivity contribution in [3.63, 3.8) is 0 Å². The van der Waals surface area contributed by atoms with Gasteiger partial charge in [-0.15, -0.1) is 0 Å². The number of benzene rings is 2. The van der Waals surface area contributed by atoms with Crippen LogP contribution in [-0.4, -0.2) is 41.8 Å². The molecule has 28 heavy (non-hydrogen) atoms. The number of hydrogen-bond donors (Lipinski definition) is 2. The van der Waals surface area contributed by atoms with Crippen molar-refractivity contribution in [2.75, 3.05) is 20.7 Å². The van der Waals surface area contributed by atoms with E-state index in [0.717, 1.165) is 25.1 Å². The number of likely N-dealkylation sites (N-methyl/N-ethyl adjacent to an activating group) is 1. The number of halogens is 1. The highest BCUT2D eigenvalue weighted by atomic mass is 19.1. The minimum atomic E-state index is -0.325. The van der Waals surface area contributed by atoms with Crippen LogP contribution in [0, 0.1) is 5.82 Å². The molecule has 2 heterocycles. The van der Waals surface area contributed by atoms with Gasteiger partial charge in [-0.2, -0.15) is 5.10 Å². The number of rotatable bonds is 6. The fourth-order valence-corrected chi connectivity index (χ4v) is 3.82. The summed E-state index contributed by atoms with van der Waals surface area (Å²) < 4.78 is 19.5. The van der Waals surface area contributed by atoms with Crippen molar-refractivity contribution in [1.29, 1.82) is 0 Å². The molecule has 1 aliphatic rings. The van der Waals surface area contributed by atoms with E-state index in [9.17, 15) is 4.39 Å². The molecule has 1 aliphatic heterocycles. The summed E-state index contributed by atoms with van der Waals surface area (Å²) in [5.41, 5.74) is 4.99. The summed E-state index contributed by atoms with van der Waals surface area (Å²) in [6, 6.07) is 13.9. The van der Waals surface area contributed by atoms with Crippen molar-refractivity contribution < 1.29 is 9.13 Å². The van der Waals surface area contributed by atoms with E-state index in [1.807, 2.05) is 0 Å². The van der Waals surface area contributed by atoms with Crippen LogP contribution in [0.25, 0.3) is 11.3 Å². The Balaban J connectivity index is 1.41. The Hall–Kier alpha value is -2.70. The molecular formula is C22H25FN4O. The zero-order valence-electron chi connectivity index (χ0n) is 16.2. The van der Waals surface area contributed by atoms with Crippen LogP contribution in [0.2, 0.25) is 0 Å². The van der Waals surface area contributed by atoms with Gasteiger partial charge in [0.1, 0.15) is 11.6 Å². The van der Waals surface area contributed by atoms with Gasteiger partial charge in [0.05, 0.1) is 19.0 Å². The summed E-state index contributed by atoms with van der Waals surface area (Å²) in [6.07, 6.45) is 2.79. The molecule has 0 saturated carbocycles. The largest absolute Gasteiger partial charge is 0.497 e. The lowest BCUT2D eigenvalue weighted by Crippen LogP contribution is -2.44. The van der Waals surface area contributed by atoms with E-state index >= 15 is 0 Å². The average Bonchev–Trinajstić information content (AvgIpc) is 3.16. The molecule has 0 amide bonds. The van der Waals surface area contributed by atoms with Gasteiger partial charge in [-0.3, -0.25) is 10.00 Å². The molecule has 0 radical (unpaired) electrons. The van der Waals surface area contributed by atoms with E-state index in [-0.39, 0.29) is 5.82 Å². The van der Waals surface area contributed by atoms with Crippen LogP contribution in [0.3, 0.4) is 0 Å². The van der Waals surface area contributed by atoms with Crippen LogP contribution in [0.5, 0.6) is 5.75 Å². The van der Waals surface area contributed by atoms with E-state index in [0.29, 0.717) is 29.6 Å². The van der Waals surface area contributed by atoms with Gasteiger partial charge in [-0.1, -0.05) is 24.3 Å². The standard InChI is InChI=1S/C22H25FN4O/c1-27-14-16-6-4-3-5-15(16)9-18(27)13-24-11-17-12-25-26-22(17)20-8-7-19(28-2)10-21(20)23/h3-8,10,12,18,24H,9,11,13-14H2,1-2H3,(H,25,26)/t18-/m1/s1. The smallest absolute Gasteiger partial charge is 0.136 e. The predicted octanol–water partition coefficient (Wildman–Crippen LogP) is 3.37. The second-order valence-corrected chi connectivity index (χ2v) is 7.29. The maximum absolute atomic E-state index is 14.4. The lowest BCUT2D eigenvalue weighted by molar-refractivity contribution is 0.209. The zero-order chi connectivity index (χ0) is 19.5. The van der Waals surface area contributed by atoms with Crippen molar-refractivity contribution in [2.45, 2.75) is 25.6 Å². The number of methoxy groups -OCH3 is 1. The number of aromatic amines is 1. The third-order valence-electron chi connectivity index (χ3n) is 5.48. The van der Waals surface area contributed by atoms with Crippen molar-refractivity contribution in [2.24, 2.45) is 0 Å². The first kappa shape index (κ1) is 18.7. The van der Waals surface area contributed by atoms with Gasteiger partial charge in [0.15, 0.2) is 0 Å². The lowest BCUT2D eigenvalue weighted by Gasteiger charge is -2.34. The summed E-state index contributed by atoms with van der Waals surface area (Å²) in [5.74, 6) is 0.175. The highest BCUT2D eigenvalue weighted by Crippen LogP contribution is 2.27. The monoisotopic (exact) mass is 380 g/mol. The van der Waals surface area contributed by atoms with Gasteiger partial charge in [0, 0.05) is 42.9 Å². The van der Waals surface area contributed by atoms with Gasteiger partial charge in [-0.05, 0) is 36.7 Å². The molecule has 5 nitrogen and oxygen atoms in total. The number of aromatic nitrogens is 2. The highest BCUT2D eigenvalue weighted by molar-refractivity contribution is 5.64. The van der Waals surface area contributed by atoms with Gasteiger partial charge in [0.25, 0.3) is 0 Å². The number of ether oxygens (including phenoxy) is 1. The Morgan fingerprint density at radius 2 is 2.07 bits per heavy atom. The molecule has 4 rings (SSSR count). The highest BCUT2D eigenvalue weighted by Gasteiger charge is 2.22. The SMILES string of the molecule is COc1ccc(-c2[nH]ncc2CNC[C@H]2Cc3ccccc3CN2C)c(F)c1. The molecule has 0 unspecified atom stereocenters. The Bertz CT molecular complexity index is 955. The summed E-state index contributed by atoms with van der Waals surface area (Å²) in [6.45, 7) is 2.46. The molecule has 146 valence electrons. The van der Waals surface area contributed by atoms with Crippen molar-refractivity contribution in [3.8, 4) is 17.0 Å². The molecule has 0 fully saturated rings. The van der Waals surface area contributed by atoms with Gasteiger partial charge >= 0.3 is 0 Å². The molecule has 0 bridgehead atoms. The number of hydrogen-bond acceptors (Lipinski definition) is 4.